The van der Waals surface area contributed by atoms with Gasteiger partial charge in [0, 0.05) is 15.4 Å². The van der Waals surface area contributed by atoms with Crippen LogP contribution in [-0.4, -0.2) is 24.1 Å². The van der Waals surface area contributed by atoms with Gasteiger partial charge >= 0.3 is 5.97 Å². The second-order valence-corrected chi connectivity index (χ2v) is 6.26. The molecule has 3 rings (SSSR count). The first-order valence-corrected chi connectivity index (χ1v) is 8.12. The van der Waals surface area contributed by atoms with Crippen molar-refractivity contribution >= 4 is 44.5 Å². The fraction of sp³-hybridized carbons (Fsp3) is 0.111. The molecule has 0 fully saturated rings. The summed E-state index contributed by atoms with van der Waals surface area (Å²) in [5, 5.41) is 13.6. The molecule has 1 aromatic heterocycles. The number of fused-ring (bicyclic) bond motifs is 1. The number of rotatable bonds is 3. The van der Waals surface area contributed by atoms with Gasteiger partial charge in [-0.15, -0.1) is 0 Å². The SMILES string of the molecule is COC(=O)c1cccc(NC(=O)c2oc3ccc(Br)cc3c2C)c1O. The third-order valence-electron chi connectivity index (χ3n) is 3.79. The Bertz CT molecular complexity index is 993. The largest absolute Gasteiger partial charge is 0.505 e. The number of phenolic OH excluding ortho intramolecular Hbond substituents is 1. The molecule has 1 amide bonds. The van der Waals surface area contributed by atoms with Crippen molar-refractivity contribution < 1.29 is 23.8 Å². The number of aromatic hydroxyl groups is 1. The smallest absolute Gasteiger partial charge is 0.341 e. The number of anilines is 1. The number of amides is 1. The molecule has 2 aromatic carbocycles. The highest BCUT2D eigenvalue weighted by Crippen LogP contribution is 2.31. The molecule has 128 valence electrons. The molecule has 0 aliphatic heterocycles. The maximum Gasteiger partial charge on any atom is 0.341 e. The predicted molar refractivity (Wildman–Crippen MR) is 96.1 cm³/mol. The number of methoxy groups -OCH3 is 1. The molecule has 3 aromatic rings. The first kappa shape index (κ1) is 17.0. The average Bonchev–Trinajstić information content (AvgIpc) is 2.92. The van der Waals surface area contributed by atoms with Crippen LogP contribution in [0.3, 0.4) is 0 Å². The van der Waals surface area contributed by atoms with Gasteiger partial charge < -0.3 is 19.6 Å². The number of hydrogen-bond donors (Lipinski definition) is 2. The van der Waals surface area contributed by atoms with Crippen LogP contribution in [0.15, 0.2) is 45.3 Å². The molecule has 25 heavy (non-hydrogen) atoms. The average molecular weight is 404 g/mol. The summed E-state index contributed by atoms with van der Waals surface area (Å²) in [5.74, 6) is -1.45. The van der Waals surface area contributed by atoms with Crippen LogP contribution < -0.4 is 5.32 Å². The normalized spacial score (nSPS) is 10.7. The monoisotopic (exact) mass is 403 g/mol. The molecule has 0 aliphatic rings. The Balaban J connectivity index is 1.96. The lowest BCUT2D eigenvalue weighted by molar-refractivity contribution is 0.0597. The molecule has 6 nitrogen and oxygen atoms in total. The standard InChI is InChI=1S/C18H14BrNO5/c1-9-12-8-10(19)6-7-14(12)25-16(9)17(22)20-13-5-3-4-11(15(13)21)18(23)24-2/h3-8,21H,1-2H3,(H,20,22). The van der Waals surface area contributed by atoms with Crippen molar-refractivity contribution in [2.75, 3.05) is 12.4 Å². The van der Waals surface area contributed by atoms with E-state index in [9.17, 15) is 14.7 Å². The molecule has 0 atom stereocenters. The number of nitrogens with one attached hydrogen (secondary N) is 1. The number of benzene rings is 2. The van der Waals surface area contributed by atoms with E-state index in [1.165, 1.54) is 25.3 Å². The number of ether oxygens (including phenoxy) is 1. The van der Waals surface area contributed by atoms with Crippen LogP contribution in [0.2, 0.25) is 0 Å². The van der Waals surface area contributed by atoms with E-state index in [0.717, 1.165) is 9.86 Å². The molecule has 1 heterocycles. The lowest BCUT2D eigenvalue weighted by Crippen LogP contribution is -2.13. The van der Waals surface area contributed by atoms with Gasteiger partial charge in [-0.2, -0.15) is 0 Å². The Labute approximate surface area is 151 Å². The zero-order chi connectivity index (χ0) is 18.1. The number of phenols is 1. The van der Waals surface area contributed by atoms with Crippen LogP contribution >= 0.6 is 15.9 Å². The van der Waals surface area contributed by atoms with Crippen molar-refractivity contribution in [3.8, 4) is 5.75 Å². The molecular formula is C18H14BrNO5. The third kappa shape index (κ3) is 3.10. The first-order valence-electron chi connectivity index (χ1n) is 7.32. The minimum Gasteiger partial charge on any atom is -0.505 e. The summed E-state index contributed by atoms with van der Waals surface area (Å²) in [6.45, 7) is 1.78. The molecule has 0 saturated carbocycles. The lowest BCUT2D eigenvalue weighted by Gasteiger charge is -2.09. The van der Waals surface area contributed by atoms with Gasteiger partial charge in [0.2, 0.25) is 0 Å². The molecule has 7 heteroatoms. The minimum absolute atomic E-state index is 0.0365. The summed E-state index contributed by atoms with van der Waals surface area (Å²) in [6.07, 6.45) is 0. The van der Waals surface area contributed by atoms with E-state index >= 15 is 0 Å². The molecular weight excluding hydrogens is 390 g/mol. The Morgan fingerprint density at radius 1 is 1.24 bits per heavy atom. The quantitative estimate of drug-likeness (QED) is 0.503. The molecule has 0 unspecified atom stereocenters. The minimum atomic E-state index is -0.696. The Hall–Kier alpha value is -2.80. The highest BCUT2D eigenvalue weighted by molar-refractivity contribution is 9.10. The van der Waals surface area contributed by atoms with Crippen molar-refractivity contribution in [2.24, 2.45) is 0 Å². The highest BCUT2D eigenvalue weighted by Gasteiger charge is 2.21. The summed E-state index contributed by atoms with van der Waals surface area (Å²) in [4.78, 5) is 24.2. The van der Waals surface area contributed by atoms with Gasteiger partial charge in [-0.3, -0.25) is 4.79 Å². The molecule has 0 bridgehead atoms. The van der Waals surface area contributed by atoms with E-state index in [1.54, 1.807) is 13.0 Å². The van der Waals surface area contributed by atoms with Gasteiger partial charge in [-0.1, -0.05) is 22.0 Å². The fourth-order valence-electron chi connectivity index (χ4n) is 2.51. The summed E-state index contributed by atoms with van der Waals surface area (Å²) in [6, 6.07) is 9.86. The van der Waals surface area contributed by atoms with Crippen LogP contribution in [0.5, 0.6) is 5.75 Å². The van der Waals surface area contributed by atoms with Gasteiger partial charge in [0.1, 0.15) is 11.1 Å². The van der Waals surface area contributed by atoms with E-state index in [2.05, 4.69) is 26.0 Å². The summed E-state index contributed by atoms with van der Waals surface area (Å²) >= 11 is 3.39. The molecule has 0 radical (unpaired) electrons. The summed E-state index contributed by atoms with van der Waals surface area (Å²) < 4.78 is 11.1. The zero-order valence-corrected chi connectivity index (χ0v) is 15.0. The fourth-order valence-corrected chi connectivity index (χ4v) is 2.87. The van der Waals surface area contributed by atoms with Crippen LogP contribution in [-0.2, 0) is 4.74 Å². The van der Waals surface area contributed by atoms with Gasteiger partial charge in [0.25, 0.3) is 5.91 Å². The number of carbonyl (C=O) groups excluding carboxylic acids is 2. The second-order valence-electron chi connectivity index (χ2n) is 5.34. The number of para-hydroxylation sites is 1. The highest BCUT2D eigenvalue weighted by atomic mass is 79.9. The van der Waals surface area contributed by atoms with Crippen molar-refractivity contribution in [3.05, 3.63) is 57.8 Å². The van der Waals surface area contributed by atoms with Gasteiger partial charge in [0.15, 0.2) is 11.5 Å². The number of carbonyl (C=O) groups is 2. The van der Waals surface area contributed by atoms with E-state index in [0.29, 0.717) is 11.1 Å². The molecule has 0 spiro atoms. The van der Waals surface area contributed by atoms with Gasteiger partial charge in [-0.05, 0) is 37.3 Å². The second kappa shape index (κ2) is 6.60. The number of halogens is 1. The maximum absolute atomic E-state index is 12.5. The topological polar surface area (TPSA) is 88.8 Å². The zero-order valence-electron chi connectivity index (χ0n) is 13.4. The summed E-state index contributed by atoms with van der Waals surface area (Å²) in [7, 11) is 1.21. The van der Waals surface area contributed by atoms with Crippen LogP contribution in [0.1, 0.15) is 26.5 Å². The number of aryl methyl sites for hydroxylation is 1. The molecule has 0 saturated heterocycles. The van der Waals surface area contributed by atoms with Crippen LogP contribution in [0, 0.1) is 6.92 Å². The van der Waals surface area contributed by atoms with E-state index in [-0.39, 0.29) is 22.8 Å². The Kier molecular flexibility index (Phi) is 4.50. The van der Waals surface area contributed by atoms with E-state index < -0.39 is 11.9 Å². The first-order chi connectivity index (χ1) is 11.9. The maximum atomic E-state index is 12.5. The number of furan rings is 1. The predicted octanol–water partition coefficient (Wildman–Crippen LogP) is 4.25. The van der Waals surface area contributed by atoms with E-state index in [4.69, 9.17) is 4.42 Å². The number of esters is 1. The summed E-state index contributed by atoms with van der Waals surface area (Å²) in [5.41, 5.74) is 1.32. The van der Waals surface area contributed by atoms with Gasteiger partial charge in [-0.25, -0.2) is 4.79 Å². The van der Waals surface area contributed by atoms with Crippen molar-refractivity contribution in [3.63, 3.8) is 0 Å². The molecule has 0 aliphatic carbocycles. The Morgan fingerprint density at radius 3 is 2.72 bits per heavy atom. The van der Waals surface area contributed by atoms with Gasteiger partial charge in [0.05, 0.1) is 12.8 Å². The van der Waals surface area contributed by atoms with Crippen molar-refractivity contribution in [1.82, 2.24) is 0 Å². The molecule has 2 N–H and O–H groups in total. The van der Waals surface area contributed by atoms with E-state index in [1.807, 2.05) is 12.1 Å². The number of hydrogen-bond acceptors (Lipinski definition) is 5. The van der Waals surface area contributed by atoms with Crippen molar-refractivity contribution in [2.45, 2.75) is 6.92 Å². The third-order valence-corrected chi connectivity index (χ3v) is 4.29. The Morgan fingerprint density at radius 2 is 2.00 bits per heavy atom. The van der Waals surface area contributed by atoms with Crippen molar-refractivity contribution in [1.29, 1.82) is 0 Å². The lowest BCUT2D eigenvalue weighted by atomic mass is 10.1. The van der Waals surface area contributed by atoms with Crippen LogP contribution in [0.4, 0.5) is 5.69 Å². The van der Waals surface area contributed by atoms with Crippen LogP contribution in [0.25, 0.3) is 11.0 Å².